The van der Waals surface area contributed by atoms with E-state index >= 15 is 0 Å². The highest BCUT2D eigenvalue weighted by Crippen LogP contribution is 2.22. The largest absolute Gasteiger partial charge is 0.325 e. The molecule has 0 aliphatic carbocycles. The van der Waals surface area contributed by atoms with Crippen LogP contribution in [0.2, 0.25) is 0 Å². The number of thioether (sulfide) groups is 1. The molecule has 6 heteroatoms. The highest BCUT2D eigenvalue weighted by Gasteiger charge is 2.13. The number of amides is 1. The zero-order valence-electron chi connectivity index (χ0n) is 17.0. The summed E-state index contributed by atoms with van der Waals surface area (Å²) in [5, 5.41) is 12.4. The third-order valence-corrected chi connectivity index (χ3v) is 5.79. The third-order valence-electron chi connectivity index (χ3n) is 4.77. The van der Waals surface area contributed by atoms with Crippen LogP contribution in [0.1, 0.15) is 62.9 Å². The van der Waals surface area contributed by atoms with Gasteiger partial charge in [-0.25, -0.2) is 0 Å². The van der Waals surface area contributed by atoms with Crippen molar-refractivity contribution >= 4 is 23.4 Å². The SMILES string of the molecule is CCCCCCCc1nnc(SCC(=O)Nc2c(C)cccc2CC)n1C. The van der Waals surface area contributed by atoms with E-state index < -0.39 is 0 Å². The maximum absolute atomic E-state index is 12.4. The van der Waals surface area contributed by atoms with E-state index in [0.29, 0.717) is 5.75 Å². The van der Waals surface area contributed by atoms with Gasteiger partial charge in [0.25, 0.3) is 0 Å². The summed E-state index contributed by atoms with van der Waals surface area (Å²) in [5.41, 5.74) is 3.20. The maximum Gasteiger partial charge on any atom is 0.234 e. The van der Waals surface area contributed by atoms with Crippen LogP contribution in [-0.2, 0) is 24.7 Å². The molecule has 0 saturated carbocycles. The molecular formula is C21H32N4OS. The lowest BCUT2D eigenvalue weighted by Crippen LogP contribution is -2.16. The molecule has 1 heterocycles. The molecule has 0 unspecified atom stereocenters. The Morgan fingerprint density at radius 3 is 2.67 bits per heavy atom. The van der Waals surface area contributed by atoms with Crippen molar-refractivity contribution in [2.75, 3.05) is 11.1 Å². The van der Waals surface area contributed by atoms with Crippen LogP contribution < -0.4 is 5.32 Å². The van der Waals surface area contributed by atoms with Crippen molar-refractivity contribution in [2.24, 2.45) is 7.05 Å². The first-order valence-electron chi connectivity index (χ1n) is 9.96. The molecule has 0 aliphatic rings. The predicted octanol–water partition coefficient (Wildman–Crippen LogP) is 4.93. The van der Waals surface area contributed by atoms with Gasteiger partial charge >= 0.3 is 0 Å². The van der Waals surface area contributed by atoms with Crippen LogP contribution in [-0.4, -0.2) is 26.4 Å². The van der Waals surface area contributed by atoms with E-state index in [9.17, 15) is 4.79 Å². The second-order valence-electron chi connectivity index (χ2n) is 6.92. The highest BCUT2D eigenvalue weighted by molar-refractivity contribution is 7.99. The number of rotatable bonds is 11. The van der Waals surface area contributed by atoms with Gasteiger partial charge in [0, 0.05) is 19.2 Å². The fraction of sp³-hybridized carbons (Fsp3) is 0.571. The Morgan fingerprint density at radius 2 is 1.93 bits per heavy atom. The number of nitrogens with one attached hydrogen (secondary N) is 1. The van der Waals surface area contributed by atoms with Crippen molar-refractivity contribution in [2.45, 2.75) is 70.9 Å². The van der Waals surface area contributed by atoms with Crippen molar-refractivity contribution < 1.29 is 4.79 Å². The summed E-state index contributed by atoms with van der Waals surface area (Å²) < 4.78 is 2.02. The lowest BCUT2D eigenvalue weighted by Gasteiger charge is -2.12. The van der Waals surface area contributed by atoms with E-state index in [4.69, 9.17) is 0 Å². The highest BCUT2D eigenvalue weighted by atomic mass is 32.2. The van der Waals surface area contributed by atoms with Gasteiger partial charge in [0.1, 0.15) is 5.82 Å². The fourth-order valence-electron chi connectivity index (χ4n) is 3.08. The standard InChI is InChI=1S/C21H32N4OS/c1-5-7-8-9-10-14-18-23-24-21(25(18)4)27-15-19(26)22-20-16(3)12-11-13-17(20)6-2/h11-13H,5-10,14-15H2,1-4H3,(H,22,26). The van der Waals surface area contributed by atoms with Crippen LogP contribution in [0.15, 0.2) is 23.4 Å². The number of benzene rings is 1. The Hall–Kier alpha value is -1.82. The summed E-state index contributed by atoms with van der Waals surface area (Å²) in [4.78, 5) is 12.4. The average molecular weight is 389 g/mol. The molecule has 2 rings (SSSR count). The number of aromatic nitrogens is 3. The summed E-state index contributed by atoms with van der Waals surface area (Å²) in [5.74, 6) is 1.33. The zero-order valence-corrected chi connectivity index (χ0v) is 17.9. The topological polar surface area (TPSA) is 59.8 Å². The number of hydrogen-bond donors (Lipinski definition) is 1. The lowest BCUT2D eigenvalue weighted by molar-refractivity contribution is -0.113. The van der Waals surface area contributed by atoms with Gasteiger partial charge in [-0.2, -0.15) is 0 Å². The van der Waals surface area contributed by atoms with Crippen molar-refractivity contribution in [3.8, 4) is 0 Å². The number of para-hydroxylation sites is 1. The Balaban J connectivity index is 1.85. The molecule has 5 nitrogen and oxygen atoms in total. The lowest BCUT2D eigenvalue weighted by atomic mass is 10.1. The maximum atomic E-state index is 12.4. The van der Waals surface area contributed by atoms with Crippen LogP contribution in [0.25, 0.3) is 0 Å². The molecule has 148 valence electrons. The summed E-state index contributed by atoms with van der Waals surface area (Å²) in [6.45, 7) is 6.35. The van der Waals surface area contributed by atoms with Gasteiger partial charge in [0.05, 0.1) is 5.75 Å². The summed E-state index contributed by atoms with van der Waals surface area (Å²) in [7, 11) is 1.98. The van der Waals surface area contributed by atoms with Crippen LogP contribution in [0.5, 0.6) is 0 Å². The average Bonchev–Trinajstić information content (AvgIpc) is 3.01. The quantitative estimate of drug-likeness (QED) is 0.438. The molecule has 1 aromatic heterocycles. The molecule has 0 bridgehead atoms. The van der Waals surface area contributed by atoms with E-state index in [1.165, 1.54) is 37.4 Å². The predicted molar refractivity (Wildman–Crippen MR) is 113 cm³/mol. The third kappa shape index (κ3) is 6.38. The summed E-state index contributed by atoms with van der Waals surface area (Å²) >= 11 is 1.44. The number of anilines is 1. The minimum atomic E-state index is -0.00637. The second-order valence-corrected chi connectivity index (χ2v) is 7.86. The van der Waals surface area contributed by atoms with Crippen molar-refractivity contribution in [1.29, 1.82) is 0 Å². The Kier molecular flexibility index (Phi) is 8.85. The van der Waals surface area contributed by atoms with Crippen LogP contribution >= 0.6 is 11.8 Å². The van der Waals surface area contributed by atoms with E-state index in [1.807, 2.05) is 30.7 Å². The molecule has 0 radical (unpaired) electrons. The Labute approximate surface area is 167 Å². The molecule has 0 spiro atoms. The fourth-order valence-corrected chi connectivity index (χ4v) is 3.81. The van der Waals surface area contributed by atoms with Crippen LogP contribution in [0, 0.1) is 6.92 Å². The molecule has 0 fully saturated rings. The van der Waals surface area contributed by atoms with E-state index in [1.54, 1.807) is 0 Å². The summed E-state index contributed by atoms with van der Waals surface area (Å²) in [6, 6.07) is 6.12. The molecule has 0 saturated heterocycles. The van der Waals surface area contributed by atoms with Gasteiger partial charge in [-0.05, 0) is 30.9 Å². The van der Waals surface area contributed by atoms with Crippen molar-refractivity contribution in [3.05, 3.63) is 35.2 Å². The normalized spacial score (nSPS) is 11.0. The first-order chi connectivity index (χ1) is 13.1. The molecule has 0 atom stereocenters. The van der Waals surface area contributed by atoms with E-state index in [0.717, 1.165) is 47.1 Å². The molecule has 27 heavy (non-hydrogen) atoms. The smallest absolute Gasteiger partial charge is 0.234 e. The minimum absolute atomic E-state index is 0.00637. The minimum Gasteiger partial charge on any atom is -0.325 e. The van der Waals surface area contributed by atoms with Crippen LogP contribution in [0.3, 0.4) is 0 Å². The van der Waals surface area contributed by atoms with Crippen LogP contribution in [0.4, 0.5) is 5.69 Å². The molecule has 1 aromatic carbocycles. The Bertz CT molecular complexity index is 742. The van der Waals surface area contributed by atoms with Crippen molar-refractivity contribution in [3.63, 3.8) is 0 Å². The van der Waals surface area contributed by atoms with Gasteiger partial charge in [0.15, 0.2) is 5.16 Å². The molecule has 1 amide bonds. The number of aryl methyl sites for hydroxylation is 3. The number of carbonyl (C=O) groups is 1. The monoisotopic (exact) mass is 388 g/mol. The van der Waals surface area contributed by atoms with Gasteiger partial charge in [-0.15, -0.1) is 10.2 Å². The second kappa shape index (κ2) is 11.1. The molecule has 0 aliphatic heterocycles. The number of unbranched alkanes of at least 4 members (excludes halogenated alkanes) is 4. The zero-order chi connectivity index (χ0) is 19.6. The number of hydrogen-bond acceptors (Lipinski definition) is 4. The molecule has 2 aromatic rings. The summed E-state index contributed by atoms with van der Waals surface area (Å²) in [6.07, 6.45) is 8.07. The van der Waals surface area contributed by atoms with Gasteiger partial charge < -0.3 is 9.88 Å². The van der Waals surface area contributed by atoms with E-state index in [2.05, 4.69) is 35.4 Å². The van der Waals surface area contributed by atoms with E-state index in [-0.39, 0.29) is 5.91 Å². The molecular weight excluding hydrogens is 356 g/mol. The number of carbonyl (C=O) groups excluding carboxylic acids is 1. The first-order valence-corrected chi connectivity index (χ1v) is 10.9. The first kappa shape index (κ1) is 21.5. The Morgan fingerprint density at radius 1 is 1.15 bits per heavy atom. The van der Waals surface area contributed by atoms with Gasteiger partial charge in [-0.3, -0.25) is 4.79 Å². The molecule has 1 N–H and O–H groups in total. The number of nitrogens with zero attached hydrogens (tertiary/aromatic N) is 3. The van der Waals surface area contributed by atoms with Gasteiger partial charge in [-0.1, -0.05) is 69.5 Å². The van der Waals surface area contributed by atoms with Crippen molar-refractivity contribution in [1.82, 2.24) is 14.8 Å². The van der Waals surface area contributed by atoms with Gasteiger partial charge in [0.2, 0.25) is 5.91 Å².